The molecule has 3 aliphatic rings. The summed E-state index contributed by atoms with van der Waals surface area (Å²) in [7, 11) is 0. The number of rotatable bonds is 6. The van der Waals surface area contributed by atoms with Crippen molar-refractivity contribution in [3.8, 4) is 0 Å². The fourth-order valence-electron chi connectivity index (χ4n) is 4.14. The summed E-state index contributed by atoms with van der Waals surface area (Å²) in [6.45, 7) is 7.28. The van der Waals surface area contributed by atoms with Crippen molar-refractivity contribution in [2.24, 2.45) is 11.8 Å². The first kappa shape index (κ1) is 21.4. The molecule has 3 heterocycles. The zero-order valence-corrected chi connectivity index (χ0v) is 16.2. The van der Waals surface area contributed by atoms with E-state index in [1.165, 1.54) is 0 Å². The lowest BCUT2D eigenvalue weighted by molar-refractivity contribution is -0.339. The summed E-state index contributed by atoms with van der Waals surface area (Å²) in [6.07, 6.45) is -7.83. The molecule has 0 aromatic carbocycles. The molecule has 0 amide bonds. The quantitative estimate of drug-likeness (QED) is 0.450. The molecular weight excluding hydrogens is 360 g/mol. The number of aliphatic hydroxyl groups is 4. The van der Waals surface area contributed by atoms with Gasteiger partial charge in [0.05, 0.1) is 25.4 Å². The van der Waals surface area contributed by atoms with Gasteiger partial charge < -0.3 is 44.1 Å². The first-order chi connectivity index (χ1) is 12.7. The summed E-state index contributed by atoms with van der Waals surface area (Å²) in [6, 6.07) is 0. The SMILES string of the molecule is CC(C)O[C@@H]1O[C@@H]2COC(C1O)[C@@H]2O[C@@H]1OC(CO)[C@H](O)[C@H](C(C)C)C1O. The Balaban J connectivity index is 1.71. The van der Waals surface area contributed by atoms with E-state index in [9.17, 15) is 20.4 Å². The van der Waals surface area contributed by atoms with Crippen LogP contribution in [-0.2, 0) is 23.7 Å². The molecule has 4 N–H and O–H groups in total. The molecule has 0 aliphatic carbocycles. The molecule has 3 fully saturated rings. The van der Waals surface area contributed by atoms with Crippen LogP contribution in [-0.4, -0.2) is 95.1 Å². The number of ether oxygens (including phenoxy) is 5. The van der Waals surface area contributed by atoms with Gasteiger partial charge in [0.1, 0.15) is 36.6 Å². The summed E-state index contributed by atoms with van der Waals surface area (Å²) >= 11 is 0. The molecule has 0 radical (unpaired) electrons. The molecule has 0 aromatic heterocycles. The normalized spacial score (nSPS) is 47.8. The Morgan fingerprint density at radius 1 is 0.963 bits per heavy atom. The van der Waals surface area contributed by atoms with Crippen molar-refractivity contribution >= 4 is 0 Å². The standard InChI is InChI=1S/C18H32O9/c1-7(2)11-12(20)9(5-19)25-17(13(11)21)27-15-10-6-23-16(15)14(22)18(26-10)24-8(3)4/h7-22H,5-6H2,1-4H3/t9?,10-,11+,12+,13?,14?,15-,16?,17+,18-/m1/s1. The summed E-state index contributed by atoms with van der Waals surface area (Å²) in [4.78, 5) is 0. The third-order valence-corrected chi connectivity index (χ3v) is 5.47. The summed E-state index contributed by atoms with van der Waals surface area (Å²) < 4.78 is 28.5. The van der Waals surface area contributed by atoms with Crippen LogP contribution in [0.3, 0.4) is 0 Å². The monoisotopic (exact) mass is 392 g/mol. The Morgan fingerprint density at radius 2 is 1.67 bits per heavy atom. The Kier molecular flexibility index (Phi) is 6.77. The molecule has 9 heteroatoms. The van der Waals surface area contributed by atoms with Gasteiger partial charge in [-0.2, -0.15) is 0 Å². The molecule has 27 heavy (non-hydrogen) atoms. The second kappa shape index (κ2) is 8.56. The Hall–Kier alpha value is -0.360. The van der Waals surface area contributed by atoms with Gasteiger partial charge in [0, 0.05) is 5.92 Å². The first-order valence-corrected chi connectivity index (χ1v) is 9.63. The van der Waals surface area contributed by atoms with Crippen LogP contribution in [0.5, 0.6) is 0 Å². The van der Waals surface area contributed by atoms with Crippen LogP contribution in [0.15, 0.2) is 0 Å². The number of hydrogen-bond donors (Lipinski definition) is 4. The van der Waals surface area contributed by atoms with Gasteiger partial charge in [-0.1, -0.05) is 13.8 Å². The van der Waals surface area contributed by atoms with E-state index in [0.29, 0.717) is 0 Å². The maximum Gasteiger partial charge on any atom is 0.186 e. The minimum Gasteiger partial charge on any atom is -0.394 e. The van der Waals surface area contributed by atoms with E-state index in [1.807, 2.05) is 27.7 Å². The molecular formula is C18H32O9. The van der Waals surface area contributed by atoms with Crippen LogP contribution < -0.4 is 0 Å². The highest BCUT2D eigenvalue weighted by Crippen LogP contribution is 2.37. The average Bonchev–Trinajstić information content (AvgIpc) is 2.89. The van der Waals surface area contributed by atoms with Crippen molar-refractivity contribution in [1.82, 2.24) is 0 Å². The van der Waals surface area contributed by atoms with Crippen molar-refractivity contribution in [1.29, 1.82) is 0 Å². The molecule has 0 spiro atoms. The van der Waals surface area contributed by atoms with Gasteiger partial charge in [-0.05, 0) is 19.8 Å². The van der Waals surface area contributed by atoms with Crippen LogP contribution in [0.25, 0.3) is 0 Å². The van der Waals surface area contributed by atoms with Crippen LogP contribution in [0.4, 0.5) is 0 Å². The third kappa shape index (κ3) is 4.17. The van der Waals surface area contributed by atoms with Crippen molar-refractivity contribution < 1.29 is 44.1 Å². The van der Waals surface area contributed by atoms with Gasteiger partial charge in [-0.15, -0.1) is 0 Å². The second-order valence-corrected chi connectivity index (χ2v) is 8.15. The Labute approximate surface area is 159 Å². The highest BCUT2D eigenvalue weighted by Gasteiger charge is 2.55. The van der Waals surface area contributed by atoms with Gasteiger partial charge >= 0.3 is 0 Å². The van der Waals surface area contributed by atoms with E-state index in [-0.39, 0.29) is 18.6 Å². The van der Waals surface area contributed by atoms with Crippen LogP contribution in [0, 0.1) is 11.8 Å². The van der Waals surface area contributed by atoms with Gasteiger partial charge in [-0.25, -0.2) is 0 Å². The third-order valence-electron chi connectivity index (χ3n) is 5.47. The maximum atomic E-state index is 10.7. The number of hydrogen-bond acceptors (Lipinski definition) is 9. The van der Waals surface area contributed by atoms with E-state index in [1.54, 1.807) is 0 Å². The topological polar surface area (TPSA) is 127 Å². The molecule has 0 saturated carbocycles. The molecule has 3 rings (SSSR count). The molecule has 158 valence electrons. The lowest BCUT2D eigenvalue weighted by Crippen LogP contribution is -2.61. The zero-order chi connectivity index (χ0) is 19.9. The minimum absolute atomic E-state index is 0.0518. The lowest BCUT2D eigenvalue weighted by Gasteiger charge is -2.46. The van der Waals surface area contributed by atoms with E-state index >= 15 is 0 Å². The van der Waals surface area contributed by atoms with Gasteiger partial charge in [0.15, 0.2) is 12.6 Å². The van der Waals surface area contributed by atoms with Crippen LogP contribution in [0.2, 0.25) is 0 Å². The molecule has 3 aliphatic heterocycles. The highest BCUT2D eigenvalue weighted by molar-refractivity contribution is 4.98. The molecule has 10 atom stereocenters. The molecule has 4 unspecified atom stereocenters. The number of aliphatic hydroxyl groups excluding tert-OH is 4. The fraction of sp³-hybridized carbons (Fsp3) is 1.00. The second-order valence-electron chi connectivity index (χ2n) is 8.15. The van der Waals surface area contributed by atoms with E-state index in [0.717, 1.165) is 0 Å². The van der Waals surface area contributed by atoms with Crippen LogP contribution >= 0.6 is 0 Å². The van der Waals surface area contributed by atoms with Crippen molar-refractivity contribution in [3.63, 3.8) is 0 Å². The van der Waals surface area contributed by atoms with Gasteiger partial charge in [-0.3, -0.25) is 0 Å². The zero-order valence-electron chi connectivity index (χ0n) is 16.2. The van der Waals surface area contributed by atoms with E-state index in [2.05, 4.69) is 0 Å². The maximum absolute atomic E-state index is 10.7. The molecule has 0 aromatic rings. The fourth-order valence-corrected chi connectivity index (χ4v) is 4.14. The summed E-state index contributed by atoms with van der Waals surface area (Å²) in [5.74, 6) is -0.574. The van der Waals surface area contributed by atoms with E-state index in [4.69, 9.17) is 23.7 Å². The predicted molar refractivity (Wildman–Crippen MR) is 91.6 cm³/mol. The molecule has 3 saturated heterocycles. The molecule has 9 nitrogen and oxygen atoms in total. The van der Waals surface area contributed by atoms with Gasteiger partial charge in [0.2, 0.25) is 0 Å². The van der Waals surface area contributed by atoms with Crippen molar-refractivity contribution in [2.45, 2.75) is 89.1 Å². The van der Waals surface area contributed by atoms with Gasteiger partial charge in [0.25, 0.3) is 0 Å². The van der Waals surface area contributed by atoms with Crippen molar-refractivity contribution in [2.75, 3.05) is 13.2 Å². The summed E-state index contributed by atoms with van der Waals surface area (Å²) in [5.41, 5.74) is 0. The first-order valence-electron chi connectivity index (χ1n) is 9.63. The average molecular weight is 392 g/mol. The lowest BCUT2D eigenvalue weighted by atomic mass is 9.81. The Bertz CT molecular complexity index is 487. The Morgan fingerprint density at radius 3 is 2.26 bits per heavy atom. The smallest absolute Gasteiger partial charge is 0.186 e. The van der Waals surface area contributed by atoms with Crippen molar-refractivity contribution in [3.05, 3.63) is 0 Å². The number of fused-ring (bicyclic) bond motifs is 2. The summed E-state index contributed by atoms with van der Waals surface area (Å²) in [5, 5.41) is 41.1. The largest absolute Gasteiger partial charge is 0.394 e. The molecule has 2 bridgehead atoms. The highest BCUT2D eigenvalue weighted by atomic mass is 16.8. The minimum atomic E-state index is -1.09. The predicted octanol–water partition coefficient (Wildman–Crippen LogP) is -1.01. The van der Waals surface area contributed by atoms with E-state index < -0.39 is 67.8 Å². The van der Waals surface area contributed by atoms with Crippen LogP contribution in [0.1, 0.15) is 27.7 Å².